The molecule has 4 rings (SSSR count). The van der Waals surface area contributed by atoms with Crippen molar-refractivity contribution in [3.63, 3.8) is 0 Å². The lowest BCUT2D eigenvalue weighted by atomic mass is 9.96. The number of carbonyl (C=O) groups excluding carboxylic acids is 2. The second kappa shape index (κ2) is 8.48. The topological polar surface area (TPSA) is 97.9 Å². The first-order chi connectivity index (χ1) is 14.5. The van der Waals surface area contributed by atoms with Crippen LogP contribution in [0.3, 0.4) is 0 Å². The van der Waals surface area contributed by atoms with Crippen molar-refractivity contribution in [3.8, 4) is 5.82 Å². The third-order valence-electron chi connectivity index (χ3n) is 5.53. The van der Waals surface area contributed by atoms with Gasteiger partial charge < -0.3 is 10.2 Å². The molecule has 0 spiro atoms. The Labute approximate surface area is 174 Å². The van der Waals surface area contributed by atoms with E-state index in [-0.39, 0.29) is 11.8 Å². The molecule has 2 amide bonds. The van der Waals surface area contributed by atoms with E-state index in [4.69, 9.17) is 0 Å². The molecule has 9 heteroatoms. The molecule has 0 aromatic carbocycles. The Kier molecular flexibility index (Phi) is 5.60. The summed E-state index contributed by atoms with van der Waals surface area (Å²) in [6.07, 6.45) is 8.29. The predicted octanol–water partition coefficient (Wildman–Crippen LogP) is 1.59. The maximum atomic E-state index is 13.0. The molecule has 1 saturated heterocycles. The van der Waals surface area contributed by atoms with Gasteiger partial charge in [-0.3, -0.25) is 14.3 Å². The van der Waals surface area contributed by atoms with Gasteiger partial charge in [-0.15, -0.1) is 0 Å². The van der Waals surface area contributed by atoms with Crippen molar-refractivity contribution >= 4 is 11.8 Å². The van der Waals surface area contributed by atoms with E-state index in [0.717, 1.165) is 18.5 Å². The van der Waals surface area contributed by atoms with Gasteiger partial charge in [0, 0.05) is 39.1 Å². The van der Waals surface area contributed by atoms with Gasteiger partial charge in [0.05, 0.1) is 29.2 Å². The summed E-state index contributed by atoms with van der Waals surface area (Å²) < 4.78 is 3.30. The number of likely N-dealkylation sites (tertiary alicyclic amines) is 1. The summed E-state index contributed by atoms with van der Waals surface area (Å²) in [6.45, 7) is 3.82. The van der Waals surface area contributed by atoms with Crippen LogP contribution in [0.5, 0.6) is 0 Å². The van der Waals surface area contributed by atoms with Gasteiger partial charge in [-0.25, -0.2) is 9.67 Å². The molecule has 1 aliphatic rings. The first kappa shape index (κ1) is 19.8. The Balaban J connectivity index is 1.31. The van der Waals surface area contributed by atoms with Crippen molar-refractivity contribution < 1.29 is 9.59 Å². The molecule has 156 valence electrons. The summed E-state index contributed by atoms with van der Waals surface area (Å²) in [6, 6.07) is 5.60. The number of rotatable bonds is 5. The summed E-state index contributed by atoms with van der Waals surface area (Å²) in [5.41, 5.74) is 1.94. The lowest BCUT2D eigenvalue weighted by Gasteiger charge is -2.32. The molecule has 0 unspecified atom stereocenters. The monoisotopic (exact) mass is 407 g/mol. The number of nitrogens with zero attached hydrogens (tertiary/aromatic N) is 6. The number of hydrogen-bond donors (Lipinski definition) is 1. The van der Waals surface area contributed by atoms with Crippen molar-refractivity contribution in [1.29, 1.82) is 0 Å². The highest BCUT2D eigenvalue weighted by Gasteiger charge is 2.26. The fourth-order valence-electron chi connectivity index (χ4n) is 3.72. The number of hydrogen-bond acceptors (Lipinski definition) is 5. The first-order valence-electron chi connectivity index (χ1n) is 10.0. The molecule has 3 aromatic heterocycles. The molecule has 4 heterocycles. The molecule has 1 fully saturated rings. The number of nitrogens with one attached hydrogen (secondary N) is 1. The average Bonchev–Trinajstić information content (AvgIpc) is 3.38. The molecule has 0 bridgehead atoms. The zero-order valence-corrected chi connectivity index (χ0v) is 17.2. The van der Waals surface area contributed by atoms with Crippen LogP contribution in [0.15, 0.2) is 43.0 Å². The molecule has 1 aliphatic heterocycles. The minimum Gasteiger partial charge on any atom is -0.352 e. The van der Waals surface area contributed by atoms with Gasteiger partial charge in [-0.1, -0.05) is 6.07 Å². The van der Waals surface area contributed by atoms with Crippen LogP contribution < -0.4 is 5.32 Å². The zero-order chi connectivity index (χ0) is 21.1. The molecule has 0 saturated carbocycles. The third kappa shape index (κ3) is 4.10. The summed E-state index contributed by atoms with van der Waals surface area (Å²) in [7, 11) is 1.78. The van der Waals surface area contributed by atoms with Crippen molar-refractivity contribution in [2.75, 3.05) is 19.6 Å². The fourth-order valence-corrected chi connectivity index (χ4v) is 3.72. The van der Waals surface area contributed by atoms with Crippen LogP contribution >= 0.6 is 0 Å². The number of amides is 2. The summed E-state index contributed by atoms with van der Waals surface area (Å²) >= 11 is 0. The second-order valence-electron chi connectivity index (χ2n) is 7.59. The van der Waals surface area contributed by atoms with E-state index in [1.807, 2.05) is 30.0 Å². The fraction of sp³-hybridized carbons (Fsp3) is 0.381. The van der Waals surface area contributed by atoms with Crippen LogP contribution in [-0.2, 0) is 7.05 Å². The minimum absolute atomic E-state index is 0.00692. The Hall–Kier alpha value is -3.49. The highest BCUT2D eigenvalue weighted by atomic mass is 16.2. The smallest absolute Gasteiger partial charge is 0.257 e. The second-order valence-corrected chi connectivity index (χ2v) is 7.59. The van der Waals surface area contributed by atoms with E-state index in [2.05, 4.69) is 20.5 Å². The van der Waals surface area contributed by atoms with Crippen molar-refractivity contribution in [2.24, 2.45) is 13.0 Å². The van der Waals surface area contributed by atoms with Crippen molar-refractivity contribution in [2.45, 2.75) is 19.8 Å². The van der Waals surface area contributed by atoms with Gasteiger partial charge >= 0.3 is 0 Å². The van der Waals surface area contributed by atoms with Crippen LogP contribution in [0, 0.1) is 12.8 Å². The van der Waals surface area contributed by atoms with E-state index >= 15 is 0 Å². The first-order valence-corrected chi connectivity index (χ1v) is 10.0. The zero-order valence-electron chi connectivity index (χ0n) is 17.2. The Morgan fingerprint density at radius 1 is 1.17 bits per heavy atom. The maximum Gasteiger partial charge on any atom is 0.257 e. The predicted molar refractivity (Wildman–Crippen MR) is 110 cm³/mol. The van der Waals surface area contributed by atoms with E-state index in [1.54, 1.807) is 41.2 Å². The minimum atomic E-state index is -0.112. The molecule has 0 radical (unpaired) electrons. The van der Waals surface area contributed by atoms with Crippen LogP contribution in [0.1, 0.15) is 39.3 Å². The van der Waals surface area contributed by atoms with Crippen LogP contribution in [0.25, 0.3) is 5.82 Å². The van der Waals surface area contributed by atoms with Gasteiger partial charge in [0.1, 0.15) is 0 Å². The lowest BCUT2D eigenvalue weighted by Crippen LogP contribution is -2.41. The van der Waals surface area contributed by atoms with Crippen LogP contribution in [0.4, 0.5) is 0 Å². The van der Waals surface area contributed by atoms with Crippen LogP contribution in [0.2, 0.25) is 0 Å². The standard InChI is InChI=1S/C21H25N7O2/c1-15-18(13-25-28(15)19-5-3-4-8-22-19)21(30)27-9-6-16(7-10-27)11-23-20(29)17-12-24-26(2)14-17/h3-5,8,12-14,16H,6-7,9-11H2,1-2H3,(H,23,29). The Morgan fingerprint density at radius 3 is 2.63 bits per heavy atom. The van der Waals surface area contributed by atoms with Gasteiger partial charge in [0.15, 0.2) is 5.82 Å². The van der Waals surface area contributed by atoms with Gasteiger partial charge in [0.2, 0.25) is 0 Å². The quantitative estimate of drug-likeness (QED) is 0.693. The number of aryl methyl sites for hydroxylation is 1. The summed E-state index contributed by atoms with van der Waals surface area (Å²) in [5.74, 6) is 0.927. The summed E-state index contributed by atoms with van der Waals surface area (Å²) in [4.78, 5) is 31.3. The molecule has 0 atom stereocenters. The third-order valence-corrected chi connectivity index (χ3v) is 5.53. The molecule has 9 nitrogen and oxygen atoms in total. The van der Waals surface area contributed by atoms with E-state index < -0.39 is 0 Å². The van der Waals surface area contributed by atoms with Crippen molar-refractivity contribution in [1.82, 2.24) is 34.8 Å². The molecule has 1 N–H and O–H groups in total. The normalized spacial score (nSPS) is 14.7. The Bertz CT molecular complexity index is 1030. The van der Waals surface area contributed by atoms with Crippen LogP contribution in [-0.4, -0.2) is 60.9 Å². The highest BCUT2D eigenvalue weighted by Crippen LogP contribution is 2.21. The van der Waals surface area contributed by atoms with Gasteiger partial charge in [-0.2, -0.15) is 10.2 Å². The van der Waals surface area contributed by atoms with E-state index in [0.29, 0.717) is 42.5 Å². The number of carbonyl (C=O) groups is 2. The average molecular weight is 407 g/mol. The number of piperidine rings is 1. The molecule has 30 heavy (non-hydrogen) atoms. The molecule has 0 aliphatic carbocycles. The number of pyridine rings is 1. The van der Waals surface area contributed by atoms with E-state index in [1.165, 1.54) is 0 Å². The van der Waals surface area contributed by atoms with Crippen molar-refractivity contribution in [3.05, 3.63) is 59.8 Å². The lowest BCUT2D eigenvalue weighted by molar-refractivity contribution is 0.0683. The summed E-state index contributed by atoms with van der Waals surface area (Å²) in [5, 5.41) is 11.3. The number of aromatic nitrogens is 5. The molecular formula is C21H25N7O2. The SMILES string of the molecule is Cc1c(C(=O)N2CCC(CNC(=O)c3cnn(C)c3)CC2)cnn1-c1ccccn1. The van der Waals surface area contributed by atoms with Gasteiger partial charge in [-0.05, 0) is 37.8 Å². The molecular weight excluding hydrogens is 382 g/mol. The molecule has 3 aromatic rings. The highest BCUT2D eigenvalue weighted by molar-refractivity contribution is 5.95. The Morgan fingerprint density at radius 2 is 1.97 bits per heavy atom. The van der Waals surface area contributed by atoms with Gasteiger partial charge in [0.25, 0.3) is 11.8 Å². The largest absolute Gasteiger partial charge is 0.352 e. The maximum absolute atomic E-state index is 13.0. The van der Waals surface area contributed by atoms with E-state index in [9.17, 15) is 9.59 Å².